The summed E-state index contributed by atoms with van der Waals surface area (Å²) in [4.78, 5) is 24.3. The molecular weight excluding hydrogens is 164 g/mol. The maximum atomic E-state index is 5.07. The van der Waals surface area contributed by atoms with E-state index in [0.29, 0.717) is 0 Å². The molecule has 0 amide bonds. The summed E-state index contributed by atoms with van der Waals surface area (Å²) in [6.45, 7) is 0. The minimum atomic E-state index is -4.67. The first-order valence-electron chi connectivity index (χ1n) is 1.09. The molecule has 5 nitrogen and oxygen atoms in total. The Morgan fingerprint density at radius 2 is 0.857 bits per heavy atom. The minimum absolute atomic E-state index is 4.67. The summed E-state index contributed by atoms with van der Waals surface area (Å²) in [7, 11) is 0.392. The van der Waals surface area contributed by atoms with Crippen molar-refractivity contribution in [3.05, 3.63) is 0 Å². The second-order valence-electron chi connectivity index (χ2n) is 1.47. The summed E-state index contributed by atoms with van der Waals surface area (Å²) >= 11 is 0. The Balaban J connectivity index is 4.43. The van der Waals surface area contributed by atoms with Crippen LogP contribution in [0.3, 0.4) is 0 Å². The van der Waals surface area contributed by atoms with Crippen molar-refractivity contribution in [3.8, 4) is 0 Å². The van der Waals surface area contributed by atoms with E-state index in [0.717, 1.165) is 0 Å². The molecule has 51 valence electrons. The average Bonchev–Trinajstić information content (AvgIpc) is 0.592. The first-order chi connectivity index (χ1) is 2.45. The molecule has 7 heteroatoms. The average molecular weight is 175 g/mol. The third-order valence-corrected chi connectivity index (χ3v) is 0. The second-order valence-corrected chi connectivity index (χ2v) is 9.08. The van der Waals surface area contributed by atoms with Gasteiger partial charge in [-0.25, -0.2) is 0 Å². The zero-order valence-electron chi connectivity index (χ0n) is 3.60. The molecule has 0 aromatic heterocycles. The van der Waals surface area contributed by atoms with Crippen LogP contribution in [-0.4, -0.2) is 0 Å². The molecule has 0 bridgehead atoms. The van der Waals surface area contributed by atoms with Crippen LogP contribution in [0.1, 0.15) is 0 Å². The van der Waals surface area contributed by atoms with Crippen LogP contribution >= 0.6 is 10.1 Å². The molecular formula is H10ClCoN5. The normalized spacial score (nSPS) is 23.1. The summed E-state index contributed by atoms with van der Waals surface area (Å²) in [6.07, 6.45) is 0. The maximum absolute atomic E-state index is 5.07. The predicted octanol–water partition coefficient (Wildman–Crippen LogP) is -2.27. The van der Waals surface area contributed by atoms with Gasteiger partial charge < -0.3 is 0 Å². The van der Waals surface area contributed by atoms with Gasteiger partial charge in [0.2, 0.25) is 0 Å². The molecule has 0 unspecified atom stereocenters. The third kappa shape index (κ3) is 392. The van der Waals surface area contributed by atoms with E-state index >= 15 is 0 Å². The van der Waals surface area contributed by atoms with Crippen LogP contribution < -0.4 is 23.9 Å². The Bertz CT molecular complexity index is 66.6. The number of hydrogen-bond donors (Lipinski definition) is 5. The van der Waals surface area contributed by atoms with Gasteiger partial charge >= 0.3 is 44.8 Å². The Morgan fingerprint density at radius 3 is 0.857 bits per heavy atom. The molecule has 0 aromatic rings. The van der Waals surface area contributed by atoms with Crippen LogP contribution in [0.5, 0.6) is 0 Å². The van der Waals surface area contributed by atoms with E-state index < -0.39 is 10.7 Å². The summed E-state index contributed by atoms with van der Waals surface area (Å²) in [5, 5.41) is 0. The van der Waals surface area contributed by atoms with E-state index in [2.05, 4.69) is 0 Å². The third-order valence-electron chi connectivity index (χ3n) is 0. The van der Waals surface area contributed by atoms with E-state index in [-0.39, 0.29) is 0 Å². The number of rotatable bonds is 0. The number of hydrogen-bond acceptors (Lipinski definition) is 5. The number of nitrogens with two attached hydrogens (primary N) is 5. The fourth-order valence-electron chi connectivity index (χ4n) is 0. The zero-order valence-corrected chi connectivity index (χ0v) is 5.40. The fraction of sp³-hybridized carbons (Fsp3) is 0. The van der Waals surface area contributed by atoms with Crippen molar-refractivity contribution < 1.29 is 10.7 Å². The second kappa shape index (κ2) is 0.849. The number of halogens is 1. The van der Waals surface area contributed by atoms with Crippen molar-refractivity contribution in [3.63, 3.8) is 0 Å². The molecule has 7 heavy (non-hydrogen) atoms. The van der Waals surface area contributed by atoms with Gasteiger partial charge in [0.25, 0.3) is 0 Å². The Hall–Kier alpha value is 0.596. The van der Waals surface area contributed by atoms with Gasteiger partial charge in [-0.05, 0) is 0 Å². The SMILES string of the molecule is [NH2][Co]([NH2])([NH2])([NH2])([NH2])[Cl]. The molecule has 10 N–H and O–H groups in total. The predicted molar refractivity (Wildman–Crippen MR) is 26.8 cm³/mol. The van der Waals surface area contributed by atoms with Gasteiger partial charge in [-0.2, -0.15) is 0 Å². The quantitative estimate of drug-likeness (QED) is 0.283. The van der Waals surface area contributed by atoms with Crippen molar-refractivity contribution in [1.29, 1.82) is 0 Å². The molecule has 0 aromatic carbocycles. The Labute approximate surface area is 45.3 Å². The first kappa shape index (κ1) is 7.60. The van der Waals surface area contributed by atoms with E-state index in [1.807, 2.05) is 0 Å². The van der Waals surface area contributed by atoms with Crippen molar-refractivity contribution in [1.82, 2.24) is 0 Å². The van der Waals surface area contributed by atoms with E-state index in [9.17, 15) is 0 Å². The van der Waals surface area contributed by atoms with Crippen LogP contribution in [0.4, 0.5) is 0 Å². The van der Waals surface area contributed by atoms with Gasteiger partial charge in [-0.15, -0.1) is 0 Å². The fourth-order valence-corrected chi connectivity index (χ4v) is 0. The van der Waals surface area contributed by atoms with Crippen LogP contribution in [0, 0.1) is 0 Å². The molecule has 0 saturated heterocycles. The van der Waals surface area contributed by atoms with Gasteiger partial charge in [-0.1, -0.05) is 0 Å². The standard InChI is InChI=1S/ClH.Co.5H2N/h1H;;5*1H2/q;+6;5*-1/p-1. The molecule has 0 spiro atoms. The van der Waals surface area contributed by atoms with Gasteiger partial charge in [0.1, 0.15) is 0 Å². The van der Waals surface area contributed by atoms with Crippen molar-refractivity contribution in [2.45, 2.75) is 0 Å². The Morgan fingerprint density at radius 1 is 0.857 bits per heavy atom. The summed E-state index contributed by atoms with van der Waals surface area (Å²) in [5.74, 6) is 0. The summed E-state index contributed by atoms with van der Waals surface area (Å²) in [5.41, 5.74) is 0. The van der Waals surface area contributed by atoms with E-state index in [1.165, 1.54) is 0 Å². The first-order valence-corrected chi connectivity index (χ1v) is 5.53. The van der Waals surface area contributed by atoms with E-state index in [4.69, 9.17) is 34.1 Å². The van der Waals surface area contributed by atoms with Gasteiger partial charge in [0, 0.05) is 0 Å². The van der Waals surface area contributed by atoms with Crippen molar-refractivity contribution in [2.24, 2.45) is 23.9 Å². The van der Waals surface area contributed by atoms with Crippen LogP contribution in [0.25, 0.3) is 0 Å². The van der Waals surface area contributed by atoms with Crippen LogP contribution in [0.15, 0.2) is 0 Å². The van der Waals surface area contributed by atoms with Crippen molar-refractivity contribution in [2.75, 3.05) is 0 Å². The molecule has 0 radical (unpaired) electrons. The molecule has 0 fully saturated rings. The molecule has 0 rings (SSSR count). The molecule has 0 aliphatic rings. The van der Waals surface area contributed by atoms with E-state index in [1.54, 1.807) is 0 Å². The van der Waals surface area contributed by atoms with Gasteiger partial charge in [-0.3, -0.25) is 0 Å². The molecule has 0 aliphatic heterocycles. The topological polar surface area (TPSA) is 130 Å². The molecule has 0 heterocycles. The zero-order chi connectivity index (χ0) is 6.41. The summed E-state index contributed by atoms with van der Waals surface area (Å²) in [6, 6.07) is 0. The molecule has 0 aliphatic carbocycles. The molecule has 0 atom stereocenters. The monoisotopic (exact) mass is 174 g/mol. The Kier molecular flexibility index (Phi) is 0.922. The van der Waals surface area contributed by atoms with Crippen LogP contribution in [-0.2, 0) is 10.7 Å². The summed E-state index contributed by atoms with van der Waals surface area (Å²) < 4.78 is 0. The van der Waals surface area contributed by atoms with Crippen molar-refractivity contribution >= 4 is 10.1 Å². The van der Waals surface area contributed by atoms with Gasteiger partial charge in [0.05, 0.1) is 0 Å². The van der Waals surface area contributed by atoms with Gasteiger partial charge in [0.15, 0.2) is 0 Å². The molecule has 0 saturated carbocycles. The van der Waals surface area contributed by atoms with Crippen LogP contribution in [0.2, 0.25) is 0 Å².